The van der Waals surface area contributed by atoms with Gasteiger partial charge in [-0.05, 0) is 42.0 Å². The Hall–Kier alpha value is -2.28. The van der Waals surface area contributed by atoms with E-state index >= 15 is 8.78 Å². The lowest BCUT2D eigenvalue weighted by atomic mass is 9.60. The molecule has 2 fully saturated rings. The van der Waals surface area contributed by atoms with E-state index in [4.69, 9.17) is 28.3 Å². The van der Waals surface area contributed by atoms with E-state index in [-0.39, 0.29) is 46.0 Å². The standard InChI is InChI=1S/C30H35Cl2F2N3O3/c1-17(18-6-3-2-4-7-18)28-30(16-35,22-11-10-19(31)14-24(22)33)25(21-8-5-9-23(32)26(21)34)27(37-28)29(40)36-13-12-20(39)15-38/h5,8-11,14,17-18,20,25,27-28,37-39H,2-4,6-7,12-13,15H2,1H3,(H,36,40)/t17?,20-,25?,27?,28?,30?/m0/s1. The zero-order valence-electron chi connectivity index (χ0n) is 22.3. The molecule has 4 N–H and O–H groups in total. The Morgan fingerprint density at radius 3 is 2.60 bits per heavy atom. The minimum atomic E-state index is -1.69. The molecule has 5 unspecified atom stereocenters. The van der Waals surface area contributed by atoms with Crippen molar-refractivity contribution in [3.05, 3.63) is 69.2 Å². The number of nitrogens with one attached hydrogen (secondary N) is 2. The van der Waals surface area contributed by atoms with E-state index in [0.717, 1.165) is 38.2 Å². The van der Waals surface area contributed by atoms with Crippen molar-refractivity contribution >= 4 is 29.1 Å². The molecule has 1 saturated heterocycles. The third kappa shape index (κ3) is 5.86. The summed E-state index contributed by atoms with van der Waals surface area (Å²) in [5.74, 6) is -3.09. The van der Waals surface area contributed by atoms with E-state index in [2.05, 4.69) is 16.7 Å². The van der Waals surface area contributed by atoms with Gasteiger partial charge in [0.2, 0.25) is 5.91 Å². The number of aliphatic hydroxyl groups excluding tert-OH is 2. The lowest BCUT2D eigenvalue weighted by Crippen LogP contribution is -2.49. The van der Waals surface area contributed by atoms with Crippen LogP contribution in [0, 0.1) is 34.8 Å². The summed E-state index contributed by atoms with van der Waals surface area (Å²) in [6.07, 6.45) is 4.17. The summed E-state index contributed by atoms with van der Waals surface area (Å²) in [6, 6.07) is 9.05. The first-order valence-electron chi connectivity index (χ1n) is 13.8. The number of carbonyl (C=O) groups excluding carboxylic acids is 1. The molecular weight excluding hydrogens is 559 g/mol. The number of carbonyl (C=O) groups is 1. The fourth-order valence-electron chi connectivity index (χ4n) is 6.71. The summed E-state index contributed by atoms with van der Waals surface area (Å²) in [7, 11) is 0. The quantitative estimate of drug-likeness (QED) is 0.318. The van der Waals surface area contributed by atoms with Gasteiger partial charge >= 0.3 is 0 Å². The van der Waals surface area contributed by atoms with E-state index in [1.54, 1.807) is 6.07 Å². The molecular formula is C30H35Cl2F2N3O3. The van der Waals surface area contributed by atoms with Crippen LogP contribution in [-0.4, -0.2) is 47.5 Å². The van der Waals surface area contributed by atoms with Gasteiger partial charge in [-0.2, -0.15) is 5.26 Å². The molecule has 216 valence electrons. The van der Waals surface area contributed by atoms with Gasteiger partial charge in [-0.25, -0.2) is 8.78 Å². The van der Waals surface area contributed by atoms with Crippen LogP contribution >= 0.6 is 23.2 Å². The molecule has 40 heavy (non-hydrogen) atoms. The number of hydrogen-bond acceptors (Lipinski definition) is 5. The average Bonchev–Trinajstić information content (AvgIpc) is 3.30. The van der Waals surface area contributed by atoms with Crippen molar-refractivity contribution in [3.63, 3.8) is 0 Å². The molecule has 0 spiro atoms. The van der Waals surface area contributed by atoms with Gasteiger partial charge in [0.25, 0.3) is 0 Å². The zero-order valence-corrected chi connectivity index (χ0v) is 23.9. The van der Waals surface area contributed by atoms with E-state index < -0.39 is 53.7 Å². The summed E-state index contributed by atoms with van der Waals surface area (Å²) in [5.41, 5.74) is -1.62. The van der Waals surface area contributed by atoms with Crippen LogP contribution in [0.4, 0.5) is 8.78 Å². The van der Waals surface area contributed by atoms with Gasteiger partial charge in [-0.1, -0.05) is 80.4 Å². The molecule has 10 heteroatoms. The molecule has 1 aliphatic heterocycles. The smallest absolute Gasteiger partial charge is 0.237 e. The molecule has 1 saturated carbocycles. The SMILES string of the molecule is CC(C1CCCCC1)C1NC(C(=O)NCC[C@H](O)CO)C(c2cccc(Cl)c2F)C1(C#N)c1ccc(Cl)cc1F. The third-order valence-corrected chi connectivity index (χ3v) is 9.27. The fourth-order valence-corrected chi connectivity index (χ4v) is 7.05. The maximum atomic E-state index is 15.8. The molecule has 4 rings (SSSR count). The molecule has 6 atom stereocenters. The first-order valence-corrected chi connectivity index (χ1v) is 14.5. The van der Waals surface area contributed by atoms with Crippen LogP contribution in [0.2, 0.25) is 10.0 Å². The highest BCUT2D eigenvalue weighted by atomic mass is 35.5. The van der Waals surface area contributed by atoms with Gasteiger partial charge in [0.15, 0.2) is 0 Å². The van der Waals surface area contributed by atoms with Crippen molar-refractivity contribution in [1.82, 2.24) is 10.6 Å². The maximum absolute atomic E-state index is 15.8. The fraction of sp³-hybridized carbons (Fsp3) is 0.533. The van der Waals surface area contributed by atoms with Crippen molar-refractivity contribution in [2.75, 3.05) is 13.2 Å². The van der Waals surface area contributed by atoms with Crippen LogP contribution in [0.25, 0.3) is 0 Å². The van der Waals surface area contributed by atoms with Crippen molar-refractivity contribution in [2.45, 2.75) is 75.0 Å². The number of hydrogen-bond donors (Lipinski definition) is 4. The number of amides is 1. The number of rotatable bonds is 9. The molecule has 2 aliphatic rings. The Morgan fingerprint density at radius 2 is 1.95 bits per heavy atom. The van der Waals surface area contributed by atoms with Crippen LogP contribution in [-0.2, 0) is 10.2 Å². The van der Waals surface area contributed by atoms with Gasteiger partial charge in [0, 0.05) is 29.1 Å². The number of benzene rings is 2. The van der Waals surface area contributed by atoms with Gasteiger partial charge in [0.05, 0.1) is 29.8 Å². The Labute approximate surface area is 243 Å². The summed E-state index contributed by atoms with van der Waals surface area (Å²) in [6.45, 7) is 1.60. The lowest BCUT2D eigenvalue weighted by molar-refractivity contribution is -0.123. The van der Waals surface area contributed by atoms with Gasteiger partial charge in [-0.15, -0.1) is 0 Å². The van der Waals surface area contributed by atoms with Crippen molar-refractivity contribution in [3.8, 4) is 6.07 Å². The molecule has 1 heterocycles. The Balaban J connectivity index is 1.90. The minimum Gasteiger partial charge on any atom is -0.394 e. The molecule has 0 radical (unpaired) electrons. The monoisotopic (exact) mass is 593 g/mol. The van der Waals surface area contributed by atoms with E-state index in [0.29, 0.717) is 0 Å². The van der Waals surface area contributed by atoms with Crippen LogP contribution in [0.1, 0.15) is 62.5 Å². The number of nitriles is 1. The van der Waals surface area contributed by atoms with Crippen LogP contribution < -0.4 is 10.6 Å². The predicted octanol–water partition coefficient (Wildman–Crippen LogP) is 5.23. The Kier molecular flexibility index (Phi) is 10.1. The first-order chi connectivity index (χ1) is 19.1. The summed E-state index contributed by atoms with van der Waals surface area (Å²) in [5, 5.41) is 36.0. The van der Waals surface area contributed by atoms with Gasteiger partial charge in [0.1, 0.15) is 17.0 Å². The van der Waals surface area contributed by atoms with E-state index in [1.807, 2.05) is 6.92 Å². The topological polar surface area (TPSA) is 105 Å². The lowest BCUT2D eigenvalue weighted by Gasteiger charge is -2.41. The van der Waals surface area contributed by atoms with E-state index in [1.165, 1.54) is 24.3 Å². The molecule has 2 aromatic carbocycles. The molecule has 2 aromatic rings. The highest BCUT2D eigenvalue weighted by Crippen LogP contribution is 2.54. The zero-order chi connectivity index (χ0) is 29.0. The predicted molar refractivity (Wildman–Crippen MR) is 150 cm³/mol. The third-order valence-electron chi connectivity index (χ3n) is 8.74. The summed E-state index contributed by atoms with van der Waals surface area (Å²) in [4.78, 5) is 13.7. The Bertz CT molecular complexity index is 1250. The molecule has 0 aromatic heterocycles. The summed E-state index contributed by atoms with van der Waals surface area (Å²) >= 11 is 12.3. The minimum absolute atomic E-state index is 0.0322. The normalized spacial score (nSPS) is 26.7. The maximum Gasteiger partial charge on any atom is 0.237 e. The van der Waals surface area contributed by atoms with Gasteiger partial charge in [-0.3, -0.25) is 4.79 Å². The largest absolute Gasteiger partial charge is 0.394 e. The second-order valence-corrected chi connectivity index (χ2v) is 11.9. The highest BCUT2D eigenvalue weighted by molar-refractivity contribution is 6.31. The molecule has 1 amide bonds. The molecule has 1 aliphatic carbocycles. The number of aliphatic hydroxyl groups is 2. The second kappa shape index (κ2) is 13.1. The number of nitrogens with zero attached hydrogens (tertiary/aromatic N) is 1. The van der Waals surface area contributed by atoms with Crippen molar-refractivity contribution < 1.29 is 23.8 Å². The number of halogens is 4. The van der Waals surface area contributed by atoms with Crippen molar-refractivity contribution in [2.24, 2.45) is 11.8 Å². The molecule has 0 bridgehead atoms. The Morgan fingerprint density at radius 1 is 1.23 bits per heavy atom. The van der Waals surface area contributed by atoms with Crippen molar-refractivity contribution in [1.29, 1.82) is 5.26 Å². The van der Waals surface area contributed by atoms with Gasteiger partial charge < -0.3 is 20.8 Å². The first kappa shape index (κ1) is 30.7. The average molecular weight is 595 g/mol. The van der Waals surface area contributed by atoms with Crippen LogP contribution in [0.5, 0.6) is 0 Å². The van der Waals surface area contributed by atoms with Crippen LogP contribution in [0.3, 0.4) is 0 Å². The van der Waals surface area contributed by atoms with E-state index in [9.17, 15) is 15.2 Å². The molecule has 6 nitrogen and oxygen atoms in total. The highest BCUT2D eigenvalue weighted by Gasteiger charge is 2.62. The van der Waals surface area contributed by atoms with Crippen LogP contribution in [0.15, 0.2) is 36.4 Å². The summed E-state index contributed by atoms with van der Waals surface area (Å²) < 4.78 is 31.6. The second-order valence-electron chi connectivity index (χ2n) is 11.0.